The molecule has 4 nitrogen and oxygen atoms in total. The Balaban J connectivity index is 2.10. The highest BCUT2D eigenvalue weighted by molar-refractivity contribution is 7.92. The number of halogens is 3. The van der Waals surface area contributed by atoms with Crippen LogP contribution < -0.4 is 4.72 Å². The maximum atomic E-state index is 12.6. The summed E-state index contributed by atoms with van der Waals surface area (Å²) < 4.78 is 27.6. The van der Waals surface area contributed by atoms with Gasteiger partial charge >= 0.3 is 0 Å². The fourth-order valence-electron chi connectivity index (χ4n) is 2.11. The first kappa shape index (κ1) is 16.3. The van der Waals surface area contributed by atoms with Crippen LogP contribution in [0.1, 0.15) is 0 Å². The quantitative estimate of drug-likeness (QED) is 0.688. The zero-order valence-electron chi connectivity index (χ0n) is 11.4. The van der Waals surface area contributed by atoms with E-state index in [0.29, 0.717) is 26.6 Å². The van der Waals surface area contributed by atoms with E-state index in [9.17, 15) is 8.42 Å². The summed E-state index contributed by atoms with van der Waals surface area (Å²) in [7, 11) is -3.89. The van der Waals surface area contributed by atoms with Gasteiger partial charge in [0.2, 0.25) is 0 Å². The largest absolute Gasteiger partial charge is 0.277 e. The summed E-state index contributed by atoms with van der Waals surface area (Å²) in [4.78, 5) is 4.12. The van der Waals surface area contributed by atoms with Crippen molar-refractivity contribution in [2.24, 2.45) is 0 Å². The van der Waals surface area contributed by atoms with Gasteiger partial charge in [-0.15, -0.1) is 0 Å². The van der Waals surface area contributed by atoms with Crippen molar-refractivity contribution in [3.8, 4) is 0 Å². The number of benzene rings is 2. The molecule has 1 N–H and O–H groups in total. The van der Waals surface area contributed by atoms with Gasteiger partial charge in [0, 0.05) is 16.6 Å². The van der Waals surface area contributed by atoms with Crippen molar-refractivity contribution in [1.82, 2.24) is 4.98 Å². The number of anilines is 1. The van der Waals surface area contributed by atoms with Crippen molar-refractivity contribution in [3.63, 3.8) is 0 Å². The number of nitrogens with zero attached hydrogens (tertiary/aromatic N) is 1. The predicted molar refractivity (Wildman–Crippen MR) is 94.0 cm³/mol. The minimum absolute atomic E-state index is 0.0382. The van der Waals surface area contributed by atoms with Gasteiger partial charge in [-0.05, 0) is 42.5 Å². The third kappa shape index (κ3) is 3.23. The highest BCUT2D eigenvalue weighted by Gasteiger charge is 2.20. The van der Waals surface area contributed by atoms with Gasteiger partial charge in [0.25, 0.3) is 10.0 Å². The van der Waals surface area contributed by atoms with Gasteiger partial charge in [0.05, 0.1) is 21.2 Å². The van der Waals surface area contributed by atoms with E-state index in [0.717, 1.165) is 0 Å². The van der Waals surface area contributed by atoms with Crippen LogP contribution in [0.3, 0.4) is 0 Å². The van der Waals surface area contributed by atoms with E-state index >= 15 is 0 Å². The van der Waals surface area contributed by atoms with Crippen molar-refractivity contribution in [3.05, 3.63) is 63.7 Å². The fourth-order valence-corrected chi connectivity index (χ4v) is 4.17. The Morgan fingerprint density at radius 3 is 2.48 bits per heavy atom. The van der Waals surface area contributed by atoms with Gasteiger partial charge in [0.15, 0.2) is 0 Å². The number of hydrogen-bond donors (Lipinski definition) is 1. The van der Waals surface area contributed by atoms with E-state index in [-0.39, 0.29) is 9.92 Å². The van der Waals surface area contributed by atoms with Gasteiger partial charge < -0.3 is 0 Å². The number of nitrogens with one attached hydrogen (secondary N) is 1. The van der Waals surface area contributed by atoms with E-state index in [1.807, 2.05) is 0 Å². The van der Waals surface area contributed by atoms with Crippen LogP contribution in [0.25, 0.3) is 10.9 Å². The Bertz CT molecular complexity index is 1010. The second kappa shape index (κ2) is 6.17. The molecule has 3 rings (SSSR count). The van der Waals surface area contributed by atoms with Crippen LogP contribution in [-0.4, -0.2) is 13.4 Å². The summed E-state index contributed by atoms with van der Waals surface area (Å²) in [6.45, 7) is 0. The van der Waals surface area contributed by atoms with Gasteiger partial charge in [-0.3, -0.25) is 9.71 Å². The average Bonchev–Trinajstić information content (AvgIpc) is 2.50. The van der Waals surface area contributed by atoms with Crippen LogP contribution in [0.4, 0.5) is 5.69 Å². The number of pyridine rings is 1. The smallest absolute Gasteiger partial charge is 0.263 e. The highest BCUT2D eigenvalue weighted by atomic mass is 35.5. The van der Waals surface area contributed by atoms with Crippen molar-refractivity contribution >= 4 is 61.4 Å². The summed E-state index contributed by atoms with van der Waals surface area (Å²) in [5.41, 5.74) is 0.768. The van der Waals surface area contributed by atoms with E-state index in [1.165, 1.54) is 18.2 Å². The molecule has 0 spiro atoms. The Hall–Kier alpha value is -1.53. The summed E-state index contributed by atoms with van der Waals surface area (Å²) in [6, 6.07) is 10.8. The lowest BCUT2D eigenvalue weighted by atomic mass is 10.2. The normalized spacial score (nSPS) is 11.6. The van der Waals surface area contributed by atoms with Gasteiger partial charge in [-0.2, -0.15) is 0 Å². The summed E-state index contributed by atoms with van der Waals surface area (Å²) in [6.07, 6.45) is 1.56. The standard InChI is InChI=1S/C15H9Cl3N2O2S/c16-9-3-6-14(12(18)8-9)23(21,22)20-13-5-4-11(17)10-2-1-7-19-15(10)13/h1-8,20H. The zero-order chi connectivity index (χ0) is 16.6. The minimum Gasteiger partial charge on any atom is -0.277 e. The second-order valence-electron chi connectivity index (χ2n) is 4.67. The molecule has 118 valence electrons. The Labute approximate surface area is 148 Å². The molecule has 0 amide bonds. The molecule has 8 heteroatoms. The molecule has 1 aromatic heterocycles. The van der Waals surface area contributed by atoms with E-state index < -0.39 is 10.0 Å². The van der Waals surface area contributed by atoms with Crippen LogP contribution in [0.15, 0.2) is 53.6 Å². The number of sulfonamides is 1. The number of fused-ring (bicyclic) bond motifs is 1. The lowest BCUT2D eigenvalue weighted by Gasteiger charge is -2.12. The maximum absolute atomic E-state index is 12.6. The van der Waals surface area contributed by atoms with Gasteiger partial charge in [-0.25, -0.2) is 8.42 Å². The molecule has 0 bridgehead atoms. The summed E-state index contributed by atoms with van der Waals surface area (Å²) in [5, 5.41) is 1.53. The lowest BCUT2D eigenvalue weighted by molar-refractivity contribution is 0.601. The number of hydrogen-bond acceptors (Lipinski definition) is 3. The average molecular weight is 388 g/mol. The maximum Gasteiger partial charge on any atom is 0.263 e. The Kier molecular flexibility index (Phi) is 4.38. The molecule has 0 unspecified atom stereocenters. The number of rotatable bonds is 3. The highest BCUT2D eigenvalue weighted by Crippen LogP contribution is 2.31. The topological polar surface area (TPSA) is 59.1 Å². The first-order valence-corrected chi connectivity index (χ1v) is 9.01. The first-order valence-electron chi connectivity index (χ1n) is 6.39. The molecule has 0 aliphatic carbocycles. The molecule has 0 atom stereocenters. The molecule has 0 aliphatic rings. The van der Waals surface area contributed by atoms with Gasteiger partial charge in [0.1, 0.15) is 4.90 Å². The van der Waals surface area contributed by atoms with E-state index in [1.54, 1.807) is 30.5 Å². The third-order valence-corrected chi connectivity index (χ3v) is 5.56. The molecule has 0 fully saturated rings. The van der Waals surface area contributed by atoms with Crippen molar-refractivity contribution in [1.29, 1.82) is 0 Å². The molecule has 0 radical (unpaired) electrons. The van der Waals surface area contributed by atoms with Crippen LogP contribution in [0.2, 0.25) is 15.1 Å². The van der Waals surface area contributed by atoms with Crippen molar-refractivity contribution in [2.75, 3.05) is 4.72 Å². The van der Waals surface area contributed by atoms with Gasteiger partial charge in [-0.1, -0.05) is 34.8 Å². The number of aromatic nitrogens is 1. The molecule has 2 aromatic carbocycles. The Morgan fingerprint density at radius 2 is 1.74 bits per heavy atom. The van der Waals surface area contributed by atoms with Crippen molar-refractivity contribution in [2.45, 2.75) is 4.90 Å². The summed E-state index contributed by atoms with van der Waals surface area (Å²) >= 11 is 17.9. The first-order chi connectivity index (χ1) is 10.9. The minimum atomic E-state index is -3.89. The van der Waals surface area contributed by atoms with Crippen LogP contribution >= 0.6 is 34.8 Å². The van der Waals surface area contributed by atoms with E-state index in [2.05, 4.69) is 9.71 Å². The molecule has 0 aliphatic heterocycles. The molecule has 3 aromatic rings. The molecular formula is C15H9Cl3N2O2S. The molecular weight excluding hydrogens is 379 g/mol. The second-order valence-corrected chi connectivity index (χ2v) is 7.58. The predicted octanol–water partition coefficient (Wildman–Crippen LogP) is 5.00. The Morgan fingerprint density at radius 1 is 0.957 bits per heavy atom. The molecule has 0 saturated carbocycles. The third-order valence-electron chi connectivity index (χ3n) is 3.14. The SMILES string of the molecule is O=S(=O)(Nc1ccc(Cl)c2cccnc12)c1ccc(Cl)cc1Cl. The monoisotopic (exact) mass is 386 g/mol. The van der Waals surface area contributed by atoms with Crippen molar-refractivity contribution < 1.29 is 8.42 Å². The molecule has 23 heavy (non-hydrogen) atoms. The summed E-state index contributed by atoms with van der Waals surface area (Å²) in [5.74, 6) is 0. The lowest BCUT2D eigenvalue weighted by Crippen LogP contribution is -2.14. The van der Waals surface area contributed by atoms with Crippen LogP contribution in [0.5, 0.6) is 0 Å². The van der Waals surface area contributed by atoms with E-state index in [4.69, 9.17) is 34.8 Å². The molecule has 0 saturated heterocycles. The zero-order valence-corrected chi connectivity index (χ0v) is 14.5. The van der Waals surface area contributed by atoms with Crippen LogP contribution in [-0.2, 0) is 10.0 Å². The van der Waals surface area contributed by atoms with Crippen LogP contribution in [0, 0.1) is 0 Å². The molecule has 1 heterocycles. The fraction of sp³-hybridized carbons (Fsp3) is 0.